The van der Waals surface area contributed by atoms with Gasteiger partial charge in [-0.3, -0.25) is 4.90 Å². The molecule has 1 heterocycles. The zero-order valence-corrected chi connectivity index (χ0v) is 14.7. The van der Waals surface area contributed by atoms with Crippen molar-refractivity contribution in [1.82, 2.24) is 0 Å². The lowest BCUT2D eigenvalue weighted by molar-refractivity contribution is -0.138. The molecule has 136 valence electrons. The highest BCUT2D eigenvalue weighted by Crippen LogP contribution is 2.43. The van der Waals surface area contributed by atoms with Gasteiger partial charge in [0, 0.05) is 5.69 Å². The van der Waals surface area contributed by atoms with Crippen molar-refractivity contribution in [3.63, 3.8) is 0 Å². The third-order valence-electron chi connectivity index (χ3n) is 4.43. The molecule has 1 aliphatic heterocycles. The van der Waals surface area contributed by atoms with Crippen molar-refractivity contribution in [1.29, 1.82) is 0 Å². The van der Waals surface area contributed by atoms with E-state index in [-0.39, 0.29) is 17.6 Å². The molecule has 0 bridgehead atoms. The van der Waals surface area contributed by atoms with E-state index in [1.54, 1.807) is 0 Å². The number of aliphatic imine (C=N–C) groups is 2. The number of rotatable bonds is 1. The Morgan fingerprint density at radius 3 is 2.36 bits per heavy atom. The van der Waals surface area contributed by atoms with Gasteiger partial charge in [-0.2, -0.15) is 18.2 Å². The predicted octanol–water partition coefficient (Wildman–Crippen LogP) is 3.72. The second-order valence-corrected chi connectivity index (χ2v) is 6.90. The summed E-state index contributed by atoms with van der Waals surface area (Å²) in [5, 5.41) is 0. The zero-order chi connectivity index (χ0) is 18.4. The molecule has 0 radical (unpaired) electrons. The molecule has 4 N–H and O–H groups in total. The van der Waals surface area contributed by atoms with E-state index in [9.17, 15) is 17.6 Å². The van der Waals surface area contributed by atoms with Crippen molar-refractivity contribution in [2.75, 3.05) is 4.90 Å². The highest BCUT2D eigenvalue weighted by molar-refractivity contribution is 9.10. The number of benzene rings is 1. The van der Waals surface area contributed by atoms with Gasteiger partial charge in [0.25, 0.3) is 0 Å². The van der Waals surface area contributed by atoms with E-state index in [4.69, 9.17) is 11.5 Å². The van der Waals surface area contributed by atoms with Crippen LogP contribution in [0.4, 0.5) is 23.2 Å². The van der Waals surface area contributed by atoms with Gasteiger partial charge in [-0.1, -0.05) is 6.42 Å². The van der Waals surface area contributed by atoms with Gasteiger partial charge in [0.2, 0.25) is 11.9 Å². The molecule has 5 nitrogen and oxygen atoms in total. The van der Waals surface area contributed by atoms with Gasteiger partial charge in [0.1, 0.15) is 11.5 Å². The van der Waals surface area contributed by atoms with Crippen LogP contribution in [0.1, 0.15) is 37.7 Å². The summed E-state index contributed by atoms with van der Waals surface area (Å²) in [6.07, 6.45) is -1.03. The Kier molecular flexibility index (Phi) is 4.42. The minimum atomic E-state index is -4.72. The first-order valence-corrected chi connectivity index (χ1v) is 8.49. The molecule has 1 spiro atoms. The number of guanidine groups is 2. The summed E-state index contributed by atoms with van der Waals surface area (Å²) in [4.78, 5) is 9.60. The van der Waals surface area contributed by atoms with Crippen LogP contribution in [0.2, 0.25) is 0 Å². The predicted molar refractivity (Wildman–Crippen MR) is 90.6 cm³/mol. The molecule has 3 rings (SSSR count). The summed E-state index contributed by atoms with van der Waals surface area (Å²) in [5.74, 6) is -1.15. The number of anilines is 1. The molecule has 0 aromatic heterocycles. The Hall–Kier alpha value is -1.84. The van der Waals surface area contributed by atoms with E-state index in [0.29, 0.717) is 12.8 Å². The van der Waals surface area contributed by atoms with Crippen LogP contribution in [0.5, 0.6) is 0 Å². The summed E-state index contributed by atoms with van der Waals surface area (Å²) in [5.41, 5.74) is 9.57. The van der Waals surface area contributed by atoms with Crippen molar-refractivity contribution >= 4 is 33.5 Å². The zero-order valence-electron chi connectivity index (χ0n) is 13.1. The molecule has 1 saturated carbocycles. The lowest BCUT2D eigenvalue weighted by Crippen LogP contribution is -2.58. The molecule has 0 unspecified atom stereocenters. The van der Waals surface area contributed by atoms with Gasteiger partial charge in [-0.25, -0.2) is 9.38 Å². The van der Waals surface area contributed by atoms with Crippen LogP contribution >= 0.6 is 15.9 Å². The van der Waals surface area contributed by atoms with Gasteiger partial charge < -0.3 is 11.5 Å². The van der Waals surface area contributed by atoms with Gasteiger partial charge in [0.05, 0.1) is 10.0 Å². The average Bonchev–Trinajstić information content (AvgIpc) is 2.49. The third-order valence-corrected chi connectivity index (χ3v) is 5.23. The maximum absolute atomic E-state index is 14.2. The fraction of sp³-hybridized carbons (Fsp3) is 0.467. The normalized spacial score (nSPS) is 20.4. The highest BCUT2D eigenvalue weighted by atomic mass is 79.9. The molecule has 0 saturated heterocycles. The number of alkyl halides is 3. The second-order valence-electron chi connectivity index (χ2n) is 6.11. The maximum atomic E-state index is 14.2. The van der Waals surface area contributed by atoms with Crippen molar-refractivity contribution in [3.05, 3.63) is 28.0 Å². The Bertz CT molecular complexity index is 753. The summed E-state index contributed by atoms with van der Waals surface area (Å²) >= 11 is 2.66. The minimum Gasteiger partial charge on any atom is -0.369 e. The topological polar surface area (TPSA) is 80.0 Å². The van der Waals surface area contributed by atoms with E-state index in [1.165, 1.54) is 4.90 Å². The molecule has 2 aliphatic rings. The number of hydrogen-bond donors (Lipinski definition) is 2. The molecule has 1 fully saturated rings. The molecule has 1 aromatic carbocycles. The Labute approximate surface area is 149 Å². The van der Waals surface area contributed by atoms with E-state index in [1.807, 2.05) is 0 Å². The van der Waals surface area contributed by atoms with Gasteiger partial charge >= 0.3 is 6.18 Å². The molecular weight excluding hydrogens is 406 g/mol. The summed E-state index contributed by atoms with van der Waals surface area (Å²) in [6, 6.07) is 1.85. The van der Waals surface area contributed by atoms with Crippen LogP contribution in [0, 0.1) is 5.82 Å². The molecule has 0 amide bonds. The van der Waals surface area contributed by atoms with E-state index < -0.39 is 27.7 Å². The smallest absolute Gasteiger partial charge is 0.369 e. The van der Waals surface area contributed by atoms with Crippen molar-refractivity contribution in [2.24, 2.45) is 21.5 Å². The fourth-order valence-corrected chi connectivity index (χ4v) is 3.86. The standard InChI is InChI=1S/C15H16BrF4N5/c16-11-9(15(18,19)20)6-8(7-10(11)17)25-13(22)23-12(21)24-14(25)4-2-1-3-5-14/h6-7H,1-5H2,(H4,21,22,23,24). The largest absolute Gasteiger partial charge is 0.417 e. The van der Waals surface area contributed by atoms with Crippen LogP contribution in [0.3, 0.4) is 0 Å². The Morgan fingerprint density at radius 1 is 1.12 bits per heavy atom. The number of hydrogen-bond acceptors (Lipinski definition) is 5. The summed E-state index contributed by atoms with van der Waals surface area (Å²) < 4.78 is 53.3. The first-order chi connectivity index (χ1) is 11.6. The van der Waals surface area contributed by atoms with Gasteiger partial charge in [-0.05, 0) is 53.7 Å². The van der Waals surface area contributed by atoms with Gasteiger partial charge in [0.15, 0.2) is 0 Å². The minimum absolute atomic E-state index is 0.0238. The van der Waals surface area contributed by atoms with E-state index in [0.717, 1.165) is 31.4 Å². The van der Waals surface area contributed by atoms with Crippen LogP contribution in [-0.4, -0.2) is 17.6 Å². The lowest BCUT2D eigenvalue weighted by atomic mass is 9.87. The number of nitrogens with two attached hydrogens (primary N) is 2. The quantitative estimate of drug-likeness (QED) is 0.678. The molecular formula is C15H16BrF4N5. The Morgan fingerprint density at radius 2 is 1.76 bits per heavy atom. The summed E-state index contributed by atoms with van der Waals surface area (Å²) in [7, 11) is 0. The van der Waals surface area contributed by atoms with Crippen molar-refractivity contribution < 1.29 is 17.6 Å². The maximum Gasteiger partial charge on any atom is 0.417 e. The SMILES string of the molecule is NC1=NC2(CCCCC2)N(c2cc(F)c(Br)c(C(F)(F)F)c2)C(N)=N1. The highest BCUT2D eigenvalue weighted by Gasteiger charge is 2.44. The first kappa shape index (κ1) is 18.0. The average molecular weight is 422 g/mol. The van der Waals surface area contributed by atoms with Gasteiger partial charge in [-0.15, -0.1) is 0 Å². The fourth-order valence-electron chi connectivity index (χ4n) is 3.40. The molecule has 1 aromatic rings. The lowest BCUT2D eigenvalue weighted by Gasteiger charge is -2.45. The number of halogens is 5. The summed E-state index contributed by atoms with van der Waals surface area (Å²) in [6.45, 7) is 0. The van der Waals surface area contributed by atoms with E-state index in [2.05, 4.69) is 25.9 Å². The first-order valence-electron chi connectivity index (χ1n) is 7.70. The van der Waals surface area contributed by atoms with Crippen LogP contribution in [0.25, 0.3) is 0 Å². The molecule has 1 aliphatic carbocycles. The molecule has 10 heteroatoms. The monoisotopic (exact) mass is 421 g/mol. The second kappa shape index (κ2) is 6.15. The van der Waals surface area contributed by atoms with Crippen molar-refractivity contribution in [3.8, 4) is 0 Å². The Balaban J connectivity index is 2.16. The van der Waals surface area contributed by atoms with E-state index >= 15 is 0 Å². The van der Waals surface area contributed by atoms with Crippen LogP contribution in [-0.2, 0) is 6.18 Å². The van der Waals surface area contributed by atoms with Crippen LogP contribution in [0.15, 0.2) is 26.6 Å². The molecule has 0 atom stereocenters. The third kappa shape index (κ3) is 3.19. The molecule has 25 heavy (non-hydrogen) atoms. The van der Waals surface area contributed by atoms with Crippen molar-refractivity contribution in [2.45, 2.75) is 43.9 Å². The number of nitrogens with zero attached hydrogens (tertiary/aromatic N) is 3. The van der Waals surface area contributed by atoms with Crippen LogP contribution < -0.4 is 16.4 Å².